The lowest BCUT2D eigenvalue weighted by atomic mass is 9.68. The highest BCUT2D eigenvalue weighted by atomic mass is 14.7. The molecule has 0 aromatic heterocycles. The van der Waals surface area contributed by atoms with Gasteiger partial charge in [0.2, 0.25) is 0 Å². The lowest BCUT2D eigenvalue weighted by Gasteiger charge is -2.41. The Labute approximate surface area is 107 Å². The minimum atomic E-state index is 0.0887. The van der Waals surface area contributed by atoms with Crippen LogP contribution in [-0.4, -0.2) is 11.6 Å². The van der Waals surface area contributed by atoms with Gasteiger partial charge in [-0.2, -0.15) is 0 Å². The predicted molar refractivity (Wildman–Crippen MR) is 73.6 cm³/mol. The lowest BCUT2D eigenvalue weighted by Crippen LogP contribution is -2.47. The molecule has 0 aromatic rings. The number of rotatable bonds is 2. The second kappa shape index (κ2) is 5.27. The van der Waals surface area contributed by atoms with E-state index < -0.39 is 0 Å². The Hall–Kier alpha value is -0.0800. The first-order valence-corrected chi connectivity index (χ1v) is 7.52. The van der Waals surface area contributed by atoms with Crippen molar-refractivity contribution in [2.45, 2.75) is 76.8 Å². The van der Waals surface area contributed by atoms with Crippen LogP contribution in [0.25, 0.3) is 0 Å². The van der Waals surface area contributed by atoms with Gasteiger partial charge < -0.3 is 11.5 Å². The van der Waals surface area contributed by atoms with Gasteiger partial charge in [-0.3, -0.25) is 0 Å². The molecule has 0 spiro atoms. The molecule has 0 amide bonds. The average molecular weight is 238 g/mol. The fraction of sp³-hybridized carbons (Fsp3) is 1.00. The summed E-state index contributed by atoms with van der Waals surface area (Å²) in [6.45, 7) is 4.57. The molecule has 0 aromatic carbocycles. The molecule has 4 N–H and O–H groups in total. The summed E-state index contributed by atoms with van der Waals surface area (Å²) in [6.07, 6.45) is 10.6. The van der Waals surface area contributed by atoms with E-state index in [1.165, 1.54) is 51.4 Å². The second-order valence-corrected chi connectivity index (χ2v) is 7.06. The Morgan fingerprint density at radius 3 is 2.29 bits per heavy atom. The van der Waals surface area contributed by atoms with E-state index in [9.17, 15) is 0 Å². The van der Waals surface area contributed by atoms with Gasteiger partial charge in [0.05, 0.1) is 0 Å². The van der Waals surface area contributed by atoms with Crippen molar-refractivity contribution in [1.82, 2.24) is 0 Å². The predicted octanol–water partition coefficient (Wildman–Crippen LogP) is 3.05. The van der Waals surface area contributed by atoms with Gasteiger partial charge in [0, 0.05) is 11.6 Å². The molecule has 0 aliphatic heterocycles. The second-order valence-electron chi connectivity index (χ2n) is 7.06. The average Bonchev–Trinajstić information content (AvgIpc) is 2.27. The van der Waals surface area contributed by atoms with Crippen LogP contribution in [0.1, 0.15) is 65.2 Å². The number of hydrogen-bond acceptors (Lipinski definition) is 2. The molecule has 2 rings (SSSR count). The van der Waals surface area contributed by atoms with E-state index in [-0.39, 0.29) is 5.54 Å². The topological polar surface area (TPSA) is 52.0 Å². The van der Waals surface area contributed by atoms with Crippen LogP contribution in [0.4, 0.5) is 0 Å². The molecule has 2 saturated carbocycles. The van der Waals surface area contributed by atoms with E-state index >= 15 is 0 Å². The Kier molecular flexibility index (Phi) is 4.14. The smallest absolute Gasteiger partial charge is 0.0151 e. The van der Waals surface area contributed by atoms with Crippen molar-refractivity contribution < 1.29 is 0 Å². The largest absolute Gasteiger partial charge is 0.328 e. The quantitative estimate of drug-likeness (QED) is 0.777. The molecule has 17 heavy (non-hydrogen) atoms. The summed E-state index contributed by atoms with van der Waals surface area (Å²) in [5, 5.41) is 0. The summed E-state index contributed by atoms with van der Waals surface area (Å²) in [6, 6.07) is 0.490. The first-order chi connectivity index (χ1) is 7.97. The molecule has 0 saturated heterocycles. The van der Waals surface area contributed by atoms with Crippen molar-refractivity contribution in [1.29, 1.82) is 0 Å². The van der Waals surface area contributed by atoms with Gasteiger partial charge in [0.25, 0.3) is 0 Å². The monoisotopic (exact) mass is 238 g/mol. The van der Waals surface area contributed by atoms with Gasteiger partial charge in [-0.05, 0) is 76.0 Å². The molecular weight excluding hydrogens is 208 g/mol. The van der Waals surface area contributed by atoms with Gasteiger partial charge in [-0.1, -0.05) is 6.92 Å². The van der Waals surface area contributed by atoms with Crippen LogP contribution >= 0.6 is 0 Å². The van der Waals surface area contributed by atoms with E-state index in [1.807, 2.05) is 0 Å². The molecule has 0 bridgehead atoms. The van der Waals surface area contributed by atoms with Gasteiger partial charge in [0.15, 0.2) is 0 Å². The molecule has 0 radical (unpaired) electrons. The number of hydrogen-bond donors (Lipinski definition) is 2. The molecule has 100 valence electrons. The minimum Gasteiger partial charge on any atom is -0.328 e. The first-order valence-electron chi connectivity index (χ1n) is 7.52. The molecule has 2 fully saturated rings. The molecule has 2 aliphatic carbocycles. The molecular formula is C15H30N2. The van der Waals surface area contributed by atoms with E-state index in [4.69, 9.17) is 11.5 Å². The third-order valence-electron chi connectivity index (χ3n) is 5.46. The van der Waals surface area contributed by atoms with Gasteiger partial charge in [-0.15, -0.1) is 0 Å². The van der Waals surface area contributed by atoms with Gasteiger partial charge in [0.1, 0.15) is 0 Å². The van der Waals surface area contributed by atoms with Crippen molar-refractivity contribution >= 4 is 0 Å². The highest BCUT2D eigenvalue weighted by Crippen LogP contribution is 2.40. The fourth-order valence-electron chi connectivity index (χ4n) is 3.76. The minimum absolute atomic E-state index is 0.0887. The molecule has 2 heteroatoms. The van der Waals surface area contributed by atoms with Crippen LogP contribution in [0, 0.1) is 17.8 Å². The van der Waals surface area contributed by atoms with E-state index in [0.29, 0.717) is 12.0 Å². The van der Waals surface area contributed by atoms with Crippen LogP contribution in [0.5, 0.6) is 0 Å². The maximum Gasteiger partial charge on any atom is 0.0151 e. The zero-order valence-electron chi connectivity index (χ0n) is 11.6. The van der Waals surface area contributed by atoms with Crippen molar-refractivity contribution in [3.63, 3.8) is 0 Å². The maximum atomic E-state index is 6.32. The SMILES string of the molecule is CC1CC(CC2CCC(N)CC2)CCC1(C)N. The molecule has 2 aliphatic rings. The third-order valence-corrected chi connectivity index (χ3v) is 5.46. The normalized spacial score (nSPS) is 48.0. The zero-order valence-corrected chi connectivity index (χ0v) is 11.6. The summed E-state index contributed by atoms with van der Waals surface area (Å²) < 4.78 is 0. The Balaban J connectivity index is 1.77. The van der Waals surface area contributed by atoms with Crippen LogP contribution in [-0.2, 0) is 0 Å². The highest BCUT2D eigenvalue weighted by Gasteiger charge is 2.35. The maximum absolute atomic E-state index is 6.32. The van der Waals surface area contributed by atoms with E-state index in [1.54, 1.807) is 0 Å². The summed E-state index contributed by atoms with van der Waals surface area (Å²) in [4.78, 5) is 0. The first kappa shape index (κ1) is 13.4. The van der Waals surface area contributed by atoms with Crippen molar-refractivity contribution in [3.8, 4) is 0 Å². The molecule has 3 unspecified atom stereocenters. The van der Waals surface area contributed by atoms with Gasteiger partial charge in [-0.25, -0.2) is 0 Å². The molecule has 2 nitrogen and oxygen atoms in total. The van der Waals surface area contributed by atoms with Crippen LogP contribution in [0.2, 0.25) is 0 Å². The standard InChI is InChI=1S/C15H30N2/c1-11-9-13(7-8-15(11,2)17)10-12-3-5-14(16)6-4-12/h11-14H,3-10,16-17H2,1-2H3. The van der Waals surface area contributed by atoms with Crippen molar-refractivity contribution in [2.75, 3.05) is 0 Å². The van der Waals surface area contributed by atoms with Crippen LogP contribution < -0.4 is 11.5 Å². The lowest BCUT2D eigenvalue weighted by molar-refractivity contribution is 0.142. The Bertz CT molecular complexity index is 241. The van der Waals surface area contributed by atoms with E-state index in [0.717, 1.165) is 11.8 Å². The highest BCUT2D eigenvalue weighted by molar-refractivity contribution is 4.91. The molecule has 3 atom stereocenters. The van der Waals surface area contributed by atoms with Crippen molar-refractivity contribution in [3.05, 3.63) is 0 Å². The number of nitrogens with two attached hydrogens (primary N) is 2. The fourth-order valence-corrected chi connectivity index (χ4v) is 3.76. The zero-order chi connectivity index (χ0) is 12.5. The Morgan fingerprint density at radius 1 is 1.06 bits per heavy atom. The van der Waals surface area contributed by atoms with Crippen LogP contribution in [0.3, 0.4) is 0 Å². The summed E-state index contributed by atoms with van der Waals surface area (Å²) in [5.74, 6) is 2.57. The van der Waals surface area contributed by atoms with Gasteiger partial charge >= 0.3 is 0 Å². The van der Waals surface area contributed by atoms with Crippen molar-refractivity contribution in [2.24, 2.45) is 29.2 Å². The summed E-state index contributed by atoms with van der Waals surface area (Å²) in [5.41, 5.74) is 12.4. The summed E-state index contributed by atoms with van der Waals surface area (Å²) >= 11 is 0. The summed E-state index contributed by atoms with van der Waals surface area (Å²) in [7, 11) is 0. The Morgan fingerprint density at radius 2 is 1.71 bits per heavy atom. The molecule has 0 heterocycles. The third kappa shape index (κ3) is 3.45. The van der Waals surface area contributed by atoms with E-state index in [2.05, 4.69) is 13.8 Å². The van der Waals surface area contributed by atoms with Crippen LogP contribution in [0.15, 0.2) is 0 Å².